The third-order valence-corrected chi connectivity index (χ3v) is 3.62. The lowest BCUT2D eigenvalue weighted by Crippen LogP contribution is -2.17. The van der Waals surface area contributed by atoms with E-state index in [4.69, 9.17) is 22.1 Å². The molecule has 100 valence electrons. The fourth-order valence-electron chi connectivity index (χ4n) is 1.77. The van der Waals surface area contributed by atoms with Crippen LogP contribution in [0.3, 0.4) is 0 Å². The Hall–Kier alpha value is -0.780. The van der Waals surface area contributed by atoms with E-state index in [2.05, 4.69) is 22.6 Å². The van der Waals surface area contributed by atoms with Gasteiger partial charge < -0.3 is 10.5 Å². The molecule has 2 aromatic rings. The SMILES string of the molecule is CC(N)Cc1ccc(Oc2cccc(I)c2)cc1Cl. The Labute approximate surface area is 132 Å². The second kappa shape index (κ2) is 6.59. The number of benzene rings is 2. The number of hydrogen-bond donors (Lipinski definition) is 1. The second-order valence-corrected chi connectivity index (χ2v) is 6.15. The van der Waals surface area contributed by atoms with Gasteiger partial charge in [-0.1, -0.05) is 23.7 Å². The molecule has 1 atom stereocenters. The lowest BCUT2D eigenvalue weighted by atomic mass is 10.1. The minimum Gasteiger partial charge on any atom is -0.457 e. The molecule has 0 saturated carbocycles. The van der Waals surface area contributed by atoms with Gasteiger partial charge in [-0.2, -0.15) is 0 Å². The molecule has 2 N–H and O–H groups in total. The largest absolute Gasteiger partial charge is 0.457 e. The van der Waals surface area contributed by atoms with E-state index in [9.17, 15) is 0 Å². The predicted octanol–water partition coefficient (Wildman–Crippen LogP) is 4.63. The quantitative estimate of drug-likeness (QED) is 0.777. The van der Waals surface area contributed by atoms with Crippen LogP contribution in [0.25, 0.3) is 0 Å². The van der Waals surface area contributed by atoms with Crippen LogP contribution < -0.4 is 10.5 Å². The number of ether oxygens (including phenoxy) is 1. The summed E-state index contributed by atoms with van der Waals surface area (Å²) in [6, 6.07) is 13.7. The molecule has 0 bridgehead atoms. The third-order valence-electron chi connectivity index (χ3n) is 2.60. The molecule has 0 spiro atoms. The molecular weight excluding hydrogens is 373 g/mol. The zero-order chi connectivity index (χ0) is 13.8. The molecule has 4 heteroatoms. The van der Waals surface area contributed by atoms with Crippen LogP contribution in [-0.2, 0) is 6.42 Å². The van der Waals surface area contributed by atoms with Crippen LogP contribution in [0.5, 0.6) is 11.5 Å². The van der Waals surface area contributed by atoms with Crippen molar-refractivity contribution in [2.45, 2.75) is 19.4 Å². The molecule has 0 fully saturated rings. The summed E-state index contributed by atoms with van der Waals surface area (Å²) >= 11 is 8.49. The molecule has 0 aliphatic rings. The van der Waals surface area contributed by atoms with Gasteiger partial charge in [-0.05, 0) is 71.8 Å². The van der Waals surface area contributed by atoms with Gasteiger partial charge in [0.15, 0.2) is 0 Å². The van der Waals surface area contributed by atoms with Gasteiger partial charge >= 0.3 is 0 Å². The Balaban J connectivity index is 2.16. The van der Waals surface area contributed by atoms with Gasteiger partial charge in [0.2, 0.25) is 0 Å². The zero-order valence-corrected chi connectivity index (χ0v) is 13.5. The van der Waals surface area contributed by atoms with Gasteiger partial charge in [0.05, 0.1) is 0 Å². The highest BCUT2D eigenvalue weighted by molar-refractivity contribution is 14.1. The summed E-state index contributed by atoms with van der Waals surface area (Å²) in [5, 5.41) is 0.695. The molecule has 1 unspecified atom stereocenters. The summed E-state index contributed by atoms with van der Waals surface area (Å²) in [6.45, 7) is 1.96. The van der Waals surface area contributed by atoms with Crippen molar-refractivity contribution in [3.05, 3.63) is 56.6 Å². The Bertz CT molecular complexity index is 572. The minimum atomic E-state index is 0.0972. The molecule has 0 saturated heterocycles. The van der Waals surface area contributed by atoms with E-state index in [0.717, 1.165) is 27.1 Å². The Morgan fingerprint density at radius 3 is 2.58 bits per heavy atom. The highest BCUT2D eigenvalue weighted by Gasteiger charge is 2.06. The Morgan fingerprint density at radius 1 is 1.21 bits per heavy atom. The van der Waals surface area contributed by atoms with Gasteiger partial charge in [0.1, 0.15) is 11.5 Å². The fraction of sp³-hybridized carbons (Fsp3) is 0.200. The van der Waals surface area contributed by atoms with Crippen molar-refractivity contribution in [1.82, 2.24) is 0 Å². The highest BCUT2D eigenvalue weighted by Crippen LogP contribution is 2.28. The standard InChI is InChI=1S/C15H15ClINO/c1-10(18)7-11-5-6-14(9-15(11)16)19-13-4-2-3-12(17)8-13/h2-6,8-10H,7,18H2,1H3. The van der Waals surface area contributed by atoms with Crippen molar-refractivity contribution < 1.29 is 4.74 Å². The van der Waals surface area contributed by atoms with E-state index in [0.29, 0.717) is 5.02 Å². The first-order chi connectivity index (χ1) is 9.04. The monoisotopic (exact) mass is 387 g/mol. The average molecular weight is 388 g/mol. The van der Waals surface area contributed by atoms with E-state index in [1.165, 1.54) is 0 Å². The van der Waals surface area contributed by atoms with E-state index in [1.807, 2.05) is 49.4 Å². The summed E-state index contributed by atoms with van der Waals surface area (Å²) in [4.78, 5) is 0. The van der Waals surface area contributed by atoms with Crippen molar-refractivity contribution in [3.63, 3.8) is 0 Å². The maximum Gasteiger partial charge on any atom is 0.128 e. The molecule has 0 aliphatic carbocycles. The first kappa shape index (κ1) is 14.6. The maximum atomic E-state index is 6.23. The van der Waals surface area contributed by atoms with Crippen LogP contribution in [0.2, 0.25) is 5.02 Å². The summed E-state index contributed by atoms with van der Waals surface area (Å²) in [6.07, 6.45) is 0.766. The number of nitrogens with two attached hydrogens (primary N) is 1. The molecular formula is C15H15ClINO. The third kappa shape index (κ3) is 4.37. The van der Waals surface area contributed by atoms with Crippen molar-refractivity contribution in [3.8, 4) is 11.5 Å². The molecule has 2 aromatic carbocycles. The summed E-state index contributed by atoms with van der Waals surface area (Å²) < 4.78 is 6.91. The number of rotatable bonds is 4. The highest BCUT2D eigenvalue weighted by atomic mass is 127. The molecule has 0 radical (unpaired) electrons. The first-order valence-corrected chi connectivity index (χ1v) is 7.47. The van der Waals surface area contributed by atoms with Crippen molar-refractivity contribution in [2.75, 3.05) is 0 Å². The first-order valence-electron chi connectivity index (χ1n) is 6.02. The number of halogens is 2. The molecule has 2 nitrogen and oxygen atoms in total. The van der Waals surface area contributed by atoms with Crippen molar-refractivity contribution >= 4 is 34.2 Å². The molecule has 0 heterocycles. The van der Waals surface area contributed by atoms with Gasteiger partial charge in [-0.3, -0.25) is 0 Å². The van der Waals surface area contributed by atoms with Crippen molar-refractivity contribution in [1.29, 1.82) is 0 Å². The van der Waals surface area contributed by atoms with E-state index >= 15 is 0 Å². The number of hydrogen-bond acceptors (Lipinski definition) is 2. The van der Waals surface area contributed by atoms with Crippen LogP contribution in [0.1, 0.15) is 12.5 Å². The Morgan fingerprint density at radius 2 is 1.95 bits per heavy atom. The van der Waals surface area contributed by atoms with E-state index < -0.39 is 0 Å². The molecule has 0 aromatic heterocycles. The van der Waals surface area contributed by atoms with Crippen LogP contribution in [0.15, 0.2) is 42.5 Å². The lowest BCUT2D eigenvalue weighted by Gasteiger charge is -2.10. The van der Waals surface area contributed by atoms with Gasteiger partial charge in [0.25, 0.3) is 0 Å². The summed E-state index contributed by atoms with van der Waals surface area (Å²) in [5.74, 6) is 1.54. The second-order valence-electron chi connectivity index (χ2n) is 4.49. The summed E-state index contributed by atoms with van der Waals surface area (Å²) in [7, 11) is 0. The minimum absolute atomic E-state index is 0.0972. The molecule has 2 rings (SSSR count). The smallest absolute Gasteiger partial charge is 0.128 e. The maximum absolute atomic E-state index is 6.23. The lowest BCUT2D eigenvalue weighted by molar-refractivity contribution is 0.482. The van der Waals surface area contributed by atoms with Crippen molar-refractivity contribution in [2.24, 2.45) is 5.73 Å². The topological polar surface area (TPSA) is 35.2 Å². The zero-order valence-electron chi connectivity index (χ0n) is 10.6. The molecule has 0 aliphatic heterocycles. The van der Waals surface area contributed by atoms with Gasteiger partial charge in [-0.25, -0.2) is 0 Å². The van der Waals surface area contributed by atoms with Crippen LogP contribution in [0, 0.1) is 3.57 Å². The van der Waals surface area contributed by atoms with E-state index in [1.54, 1.807) is 0 Å². The Kier molecular flexibility index (Phi) is 5.07. The average Bonchev–Trinajstić information content (AvgIpc) is 2.32. The van der Waals surface area contributed by atoms with E-state index in [-0.39, 0.29) is 6.04 Å². The predicted molar refractivity (Wildman–Crippen MR) is 88.0 cm³/mol. The van der Waals surface area contributed by atoms with Crippen LogP contribution in [0.4, 0.5) is 0 Å². The van der Waals surface area contributed by atoms with Crippen LogP contribution >= 0.6 is 34.2 Å². The fourth-order valence-corrected chi connectivity index (χ4v) is 2.53. The molecule has 19 heavy (non-hydrogen) atoms. The normalized spacial score (nSPS) is 12.2. The molecule has 0 amide bonds. The summed E-state index contributed by atoms with van der Waals surface area (Å²) in [5.41, 5.74) is 6.83. The van der Waals surface area contributed by atoms with Gasteiger partial charge in [-0.15, -0.1) is 0 Å². The van der Waals surface area contributed by atoms with Crippen LogP contribution in [-0.4, -0.2) is 6.04 Å². The van der Waals surface area contributed by atoms with Gasteiger partial charge in [0, 0.05) is 14.6 Å².